The third-order valence-corrected chi connectivity index (χ3v) is 11.7. The maximum atomic E-state index is 14.1. The van der Waals surface area contributed by atoms with Crippen molar-refractivity contribution in [3.05, 3.63) is 42.6 Å². The quantitative estimate of drug-likeness (QED) is 0.398. The Morgan fingerprint density at radius 3 is 2.62 bits per heavy atom. The first-order valence-electron chi connectivity index (χ1n) is 17.0. The number of ether oxygens (including phenoxy) is 2. The molecule has 2 aliphatic heterocycles. The standard InChI is InChI=1S/C35H46N4O7S/c1-4-15-45-30-20-36-33(28-12-8-7-11-27(28)30)46-25-18-29-32(41)37-35(34(42)38-47(43,44)26-13-14-26)19-24(35)10-6-5-9-22(2)16-23(3)17-31(40)39(29)21-25/h6-8,10-12,20,22-26,29H,4-5,9,13-19,21H2,1-3H3,(H,37,41)(H,38,42)/b10-6-/t22-,23+,24+,25+,29-,35+/m0/s1. The number of amides is 3. The number of aromatic nitrogens is 1. The third kappa shape index (κ3) is 7.27. The van der Waals surface area contributed by atoms with E-state index in [9.17, 15) is 22.8 Å². The van der Waals surface area contributed by atoms with Crippen LogP contribution in [0.15, 0.2) is 42.6 Å². The van der Waals surface area contributed by atoms with Gasteiger partial charge < -0.3 is 19.7 Å². The summed E-state index contributed by atoms with van der Waals surface area (Å²) in [6.45, 7) is 7.01. The molecule has 0 spiro atoms. The first kappa shape index (κ1) is 33.2. The molecule has 2 N–H and O–H groups in total. The van der Waals surface area contributed by atoms with Gasteiger partial charge in [0.15, 0.2) is 0 Å². The Balaban J connectivity index is 1.27. The average Bonchev–Trinajstić information content (AvgIpc) is 3.95. The Labute approximate surface area is 276 Å². The molecule has 6 rings (SSSR count). The molecule has 3 fully saturated rings. The molecular formula is C35H46N4O7S. The predicted molar refractivity (Wildman–Crippen MR) is 177 cm³/mol. The van der Waals surface area contributed by atoms with Crippen LogP contribution in [0.4, 0.5) is 0 Å². The SMILES string of the molecule is CCCOc1cnc(O[C@@H]2C[C@H]3C(=O)N[C@]4(C(=O)NS(=O)(=O)C5CC5)C[C@H]4/C=C\CC[C@H](C)C[C@@H](C)CC(=O)N3C2)c2ccccc12. The largest absolute Gasteiger partial charge is 0.491 e. The zero-order valence-corrected chi connectivity index (χ0v) is 28.3. The Bertz CT molecular complexity index is 1660. The van der Waals surface area contributed by atoms with E-state index in [1.807, 2.05) is 43.3 Å². The van der Waals surface area contributed by atoms with Crippen LogP contribution in [0.25, 0.3) is 10.8 Å². The average molecular weight is 667 g/mol. The lowest BCUT2D eigenvalue weighted by molar-refractivity contribution is -0.140. The van der Waals surface area contributed by atoms with E-state index >= 15 is 0 Å². The van der Waals surface area contributed by atoms with Gasteiger partial charge in [-0.2, -0.15) is 0 Å². The van der Waals surface area contributed by atoms with E-state index in [2.05, 4.69) is 28.9 Å². The highest BCUT2D eigenvalue weighted by Crippen LogP contribution is 2.46. The number of hydrogen-bond acceptors (Lipinski definition) is 8. The van der Waals surface area contributed by atoms with E-state index < -0.39 is 44.8 Å². The fourth-order valence-electron chi connectivity index (χ4n) is 7.04. The first-order chi connectivity index (χ1) is 22.5. The summed E-state index contributed by atoms with van der Waals surface area (Å²) in [6.07, 6.45) is 10.3. The van der Waals surface area contributed by atoms with Crippen molar-refractivity contribution >= 4 is 38.5 Å². The summed E-state index contributed by atoms with van der Waals surface area (Å²) in [5, 5.41) is 3.98. The molecule has 2 aromatic rings. The highest BCUT2D eigenvalue weighted by atomic mass is 32.2. The van der Waals surface area contributed by atoms with E-state index in [1.54, 1.807) is 11.1 Å². The number of rotatable bonds is 8. The monoisotopic (exact) mass is 666 g/mol. The number of hydrogen-bond donors (Lipinski definition) is 2. The molecule has 3 amide bonds. The number of nitrogens with one attached hydrogen (secondary N) is 2. The Kier molecular flexibility index (Phi) is 9.51. The predicted octanol–water partition coefficient (Wildman–Crippen LogP) is 4.26. The number of allylic oxidation sites excluding steroid dienone is 1. The van der Waals surface area contributed by atoms with Gasteiger partial charge in [-0.05, 0) is 62.8 Å². The summed E-state index contributed by atoms with van der Waals surface area (Å²) in [5.41, 5.74) is -1.39. The van der Waals surface area contributed by atoms with Crippen molar-refractivity contribution in [1.29, 1.82) is 0 Å². The van der Waals surface area contributed by atoms with Crippen LogP contribution in [0.2, 0.25) is 0 Å². The van der Waals surface area contributed by atoms with Gasteiger partial charge in [-0.3, -0.25) is 19.1 Å². The molecule has 11 nitrogen and oxygen atoms in total. The number of fused-ring (bicyclic) bond motifs is 3. The Morgan fingerprint density at radius 1 is 1.11 bits per heavy atom. The van der Waals surface area contributed by atoms with Gasteiger partial charge in [-0.25, -0.2) is 13.4 Å². The molecule has 2 saturated carbocycles. The molecule has 0 bridgehead atoms. The minimum absolute atomic E-state index is 0.120. The molecule has 2 aliphatic carbocycles. The van der Waals surface area contributed by atoms with Crippen molar-refractivity contribution in [2.75, 3.05) is 13.2 Å². The van der Waals surface area contributed by atoms with Crippen LogP contribution in [-0.4, -0.2) is 72.1 Å². The van der Waals surface area contributed by atoms with Gasteiger partial charge in [0.2, 0.25) is 27.7 Å². The molecule has 0 unspecified atom stereocenters. The summed E-state index contributed by atoms with van der Waals surface area (Å²) in [4.78, 5) is 47.6. The highest BCUT2D eigenvalue weighted by molar-refractivity contribution is 7.91. The fraction of sp³-hybridized carbons (Fsp3) is 0.600. The third-order valence-electron chi connectivity index (χ3n) is 9.83. The molecule has 4 aliphatic rings. The van der Waals surface area contributed by atoms with Crippen LogP contribution in [0.1, 0.15) is 78.6 Å². The molecule has 1 aromatic carbocycles. The van der Waals surface area contributed by atoms with Crippen LogP contribution >= 0.6 is 0 Å². The summed E-state index contributed by atoms with van der Waals surface area (Å²) in [5.74, 6) is -0.145. The number of sulfonamides is 1. The van der Waals surface area contributed by atoms with Crippen molar-refractivity contribution in [3.63, 3.8) is 0 Å². The van der Waals surface area contributed by atoms with Gasteiger partial charge in [0.1, 0.15) is 23.4 Å². The van der Waals surface area contributed by atoms with Gasteiger partial charge in [0, 0.05) is 29.5 Å². The van der Waals surface area contributed by atoms with Crippen LogP contribution in [0.3, 0.4) is 0 Å². The minimum Gasteiger partial charge on any atom is -0.491 e. The Hall–Kier alpha value is -3.67. The second-order valence-electron chi connectivity index (χ2n) is 14.0. The second-order valence-corrected chi connectivity index (χ2v) is 15.9. The Morgan fingerprint density at radius 2 is 1.87 bits per heavy atom. The molecule has 47 heavy (non-hydrogen) atoms. The van der Waals surface area contributed by atoms with Gasteiger partial charge in [-0.15, -0.1) is 0 Å². The van der Waals surface area contributed by atoms with Gasteiger partial charge >= 0.3 is 0 Å². The number of pyridine rings is 1. The zero-order chi connectivity index (χ0) is 33.3. The van der Waals surface area contributed by atoms with Crippen LogP contribution < -0.4 is 19.5 Å². The number of carbonyl (C=O) groups is 3. The lowest BCUT2D eigenvalue weighted by Crippen LogP contribution is -2.56. The van der Waals surface area contributed by atoms with Crippen molar-refractivity contribution in [3.8, 4) is 11.6 Å². The molecule has 12 heteroatoms. The van der Waals surface area contributed by atoms with E-state index in [4.69, 9.17) is 9.47 Å². The van der Waals surface area contributed by atoms with Crippen molar-refractivity contribution in [2.45, 2.75) is 101 Å². The lowest BCUT2D eigenvalue weighted by Gasteiger charge is -2.27. The fourth-order valence-corrected chi connectivity index (χ4v) is 8.40. The molecule has 6 atom stereocenters. The number of benzene rings is 1. The van der Waals surface area contributed by atoms with E-state index in [0.29, 0.717) is 37.0 Å². The minimum atomic E-state index is -3.82. The smallest absolute Gasteiger partial charge is 0.259 e. The normalized spacial score (nSPS) is 30.7. The number of carbonyl (C=O) groups excluding carboxylic acids is 3. The number of nitrogens with zero attached hydrogens (tertiary/aromatic N) is 2. The second kappa shape index (κ2) is 13.4. The summed E-state index contributed by atoms with van der Waals surface area (Å²) >= 11 is 0. The molecule has 3 heterocycles. The lowest BCUT2D eigenvalue weighted by atomic mass is 9.91. The van der Waals surface area contributed by atoms with Crippen LogP contribution in [0, 0.1) is 17.8 Å². The van der Waals surface area contributed by atoms with Crippen molar-refractivity contribution in [2.24, 2.45) is 17.8 Å². The van der Waals surface area contributed by atoms with Gasteiger partial charge in [0.25, 0.3) is 5.91 Å². The molecule has 0 radical (unpaired) electrons. The van der Waals surface area contributed by atoms with Crippen molar-refractivity contribution in [1.82, 2.24) is 19.9 Å². The molecule has 1 aromatic heterocycles. The summed E-state index contributed by atoms with van der Waals surface area (Å²) in [6, 6.07) is 6.78. The van der Waals surface area contributed by atoms with E-state index in [-0.39, 0.29) is 43.6 Å². The maximum absolute atomic E-state index is 14.1. The maximum Gasteiger partial charge on any atom is 0.259 e. The topological polar surface area (TPSA) is 144 Å². The van der Waals surface area contributed by atoms with Crippen LogP contribution in [-0.2, 0) is 24.4 Å². The molecule has 1 saturated heterocycles. The van der Waals surface area contributed by atoms with E-state index in [0.717, 1.165) is 36.5 Å². The molecular weight excluding hydrogens is 620 g/mol. The van der Waals surface area contributed by atoms with Gasteiger partial charge in [-0.1, -0.05) is 51.1 Å². The molecule has 254 valence electrons. The first-order valence-corrected chi connectivity index (χ1v) is 18.6. The summed E-state index contributed by atoms with van der Waals surface area (Å²) in [7, 11) is -3.82. The highest BCUT2D eigenvalue weighted by Gasteiger charge is 2.62. The van der Waals surface area contributed by atoms with Gasteiger partial charge in [0.05, 0.1) is 24.6 Å². The zero-order valence-electron chi connectivity index (χ0n) is 27.4. The van der Waals surface area contributed by atoms with Crippen LogP contribution in [0.5, 0.6) is 11.6 Å². The van der Waals surface area contributed by atoms with Crippen molar-refractivity contribution < 1.29 is 32.3 Å². The summed E-state index contributed by atoms with van der Waals surface area (Å²) < 4.78 is 40.0. The van der Waals surface area contributed by atoms with E-state index in [1.165, 1.54) is 0 Å².